The number of nitrogens with two attached hydrogens (primary N) is 1. The number of hydrogen-bond donors (Lipinski definition) is 3. The second-order valence-corrected chi connectivity index (χ2v) is 5.54. The first-order valence-electron chi connectivity index (χ1n) is 7.14. The van der Waals surface area contributed by atoms with Crippen LogP contribution in [0.4, 0.5) is 4.79 Å². The highest BCUT2D eigenvalue weighted by atomic mass is 16.5. The molecule has 8 heteroatoms. The molecular formula is C13H21N3O5. The molecule has 1 heterocycles. The number of nitrogens with zero attached hydrogens (tertiary/aromatic N) is 1. The molecule has 3 amide bonds. The summed E-state index contributed by atoms with van der Waals surface area (Å²) in [6.07, 6.45) is 2.89. The van der Waals surface area contributed by atoms with E-state index in [4.69, 9.17) is 10.5 Å². The van der Waals surface area contributed by atoms with Crippen LogP contribution in [0.1, 0.15) is 19.3 Å². The molecule has 0 spiro atoms. The van der Waals surface area contributed by atoms with Crippen molar-refractivity contribution < 1.29 is 24.2 Å². The van der Waals surface area contributed by atoms with Crippen LogP contribution >= 0.6 is 0 Å². The van der Waals surface area contributed by atoms with Crippen LogP contribution in [0.2, 0.25) is 0 Å². The molecule has 4 N–H and O–H groups in total. The second kappa shape index (κ2) is 6.75. The summed E-state index contributed by atoms with van der Waals surface area (Å²) in [4.78, 5) is 35.4. The molecule has 8 nitrogen and oxygen atoms in total. The number of likely N-dealkylation sites (tertiary alicyclic amines) is 1. The molecule has 3 unspecified atom stereocenters. The Bertz CT molecular complexity index is 428. The van der Waals surface area contributed by atoms with Gasteiger partial charge in [-0.15, -0.1) is 0 Å². The highest BCUT2D eigenvalue weighted by Gasteiger charge is 2.49. The number of rotatable bonds is 6. The Hall–Kier alpha value is -1.83. The first kappa shape index (κ1) is 15.6. The maximum atomic E-state index is 12.1. The van der Waals surface area contributed by atoms with Gasteiger partial charge in [-0.05, 0) is 24.7 Å². The predicted molar refractivity (Wildman–Crippen MR) is 72.4 cm³/mol. The zero-order valence-corrected chi connectivity index (χ0v) is 11.8. The summed E-state index contributed by atoms with van der Waals surface area (Å²) in [6, 6.07) is -1.12. The number of amides is 3. The van der Waals surface area contributed by atoms with Crippen molar-refractivity contribution in [3.63, 3.8) is 0 Å². The fourth-order valence-corrected chi connectivity index (χ4v) is 3.34. The topological polar surface area (TPSA) is 122 Å². The Balaban J connectivity index is 1.81. The van der Waals surface area contributed by atoms with Crippen molar-refractivity contribution in [1.82, 2.24) is 10.2 Å². The Labute approximate surface area is 122 Å². The number of nitrogens with one attached hydrogen (secondary N) is 1. The number of carbonyl (C=O) groups is 3. The molecule has 0 radical (unpaired) electrons. The van der Waals surface area contributed by atoms with Gasteiger partial charge in [-0.25, -0.2) is 9.59 Å². The Morgan fingerprint density at radius 1 is 1.33 bits per heavy atom. The monoisotopic (exact) mass is 299 g/mol. The predicted octanol–water partition coefficient (Wildman–Crippen LogP) is -0.617. The van der Waals surface area contributed by atoms with Gasteiger partial charge in [-0.3, -0.25) is 4.79 Å². The molecule has 0 aromatic heterocycles. The molecule has 1 aliphatic carbocycles. The van der Waals surface area contributed by atoms with Crippen LogP contribution in [0.15, 0.2) is 0 Å². The summed E-state index contributed by atoms with van der Waals surface area (Å²) >= 11 is 0. The van der Waals surface area contributed by atoms with Crippen LogP contribution in [-0.2, 0) is 14.3 Å². The van der Waals surface area contributed by atoms with E-state index >= 15 is 0 Å². The molecule has 2 fully saturated rings. The molecule has 1 aliphatic heterocycles. The smallest absolute Gasteiger partial charge is 0.326 e. The molecule has 1 saturated heterocycles. The minimum atomic E-state index is -0.940. The normalized spacial score (nSPS) is 27.4. The van der Waals surface area contributed by atoms with Crippen molar-refractivity contribution in [2.75, 3.05) is 26.3 Å². The van der Waals surface area contributed by atoms with E-state index in [-0.39, 0.29) is 31.7 Å². The highest BCUT2D eigenvalue weighted by Crippen LogP contribution is 2.42. The molecule has 1 saturated carbocycles. The lowest BCUT2D eigenvalue weighted by molar-refractivity contribution is -0.142. The average Bonchev–Trinajstić information content (AvgIpc) is 2.96. The van der Waals surface area contributed by atoms with E-state index < -0.39 is 17.9 Å². The van der Waals surface area contributed by atoms with Gasteiger partial charge in [0.05, 0.1) is 6.61 Å². The third-order valence-corrected chi connectivity index (χ3v) is 4.17. The maximum Gasteiger partial charge on any atom is 0.326 e. The van der Waals surface area contributed by atoms with Crippen LogP contribution < -0.4 is 11.1 Å². The lowest BCUT2D eigenvalue weighted by Gasteiger charge is -2.24. The van der Waals surface area contributed by atoms with Crippen molar-refractivity contribution >= 4 is 17.9 Å². The number of carboxylic acid groups (broad SMARTS) is 1. The molecular weight excluding hydrogens is 278 g/mol. The first-order chi connectivity index (χ1) is 10.0. The number of fused-ring (bicyclic) bond motifs is 1. The maximum absolute atomic E-state index is 12.1. The molecule has 118 valence electrons. The largest absolute Gasteiger partial charge is 0.480 e. The van der Waals surface area contributed by atoms with Crippen LogP contribution in [0.3, 0.4) is 0 Å². The molecule has 0 aromatic rings. The summed E-state index contributed by atoms with van der Waals surface area (Å²) in [6.45, 7) is 0.675. The Morgan fingerprint density at radius 2 is 2.10 bits per heavy atom. The van der Waals surface area contributed by atoms with E-state index in [2.05, 4.69) is 5.32 Å². The summed E-state index contributed by atoms with van der Waals surface area (Å²) in [5.41, 5.74) is 4.91. The van der Waals surface area contributed by atoms with Crippen molar-refractivity contribution in [3.8, 4) is 0 Å². The Kier molecular flexibility index (Phi) is 5.00. The summed E-state index contributed by atoms with van der Waals surface area (Å²) < 4.78 is 4.93. The van der Waals surface area contributed by atoms with Gasteiger partial charge in [0.15, 0.2) is 0 Å². The molecule has 3 atom stereocenters. The summed E-state index contributed by atoms with van der Waals surface area (Å²) in [7, 11) is 0. The zero-order valence-electron chi connectivity index (χ0n) is 11.8. The van der Waals surface area contributed by atoms with Gasteiger partial charge >= 0.3 is 12.0 Å². The number of aliphatic carboxylic acids is 1. The van der Waals surface area contributed by atoms with Crippen molar-refractivity contribution in [1.29, 1.82) is 0 Å². The molecule has 2 rings (SSSR count). The van der Waals surface area contributed by atoms with E-state index in [0.717, 1.165) is 19.3 Å². The van der Waals surface area contributed by atoms with Gasteiger partial charge in [0.2, 0.25) is 5.91 Å². The van der Waals surface area contributed by atoms with Crippen molar-refractivity contribution in [2.24, 2.45) is 17.6 Å². The number of carbonyl (C=O) groups excluding carboxylic acids is 2. The summed E-state index contributed by atoms with van der Waals surface area (Å²) in [5.74, 6) is -1.15. The van der Waals surface area contributed by atoms with E-state index in [1.165, 1.54) is 4.90 Å². The number of ether oxygens (including phenoxy) is 1. The fourth-order valence-electron chi connectivity index (χ4n) is 3.34. The van der Waals surface area contributed by atoms with Gasteiger partial charge in [0, 0.05) is 13.1 Å². The van der Waals surface area contributed by atoms with Crippen LogP contribution in [0.25, 0.3) is 0 Å². The first-order valence-corrected chi connectivity index (χ1v) is 7.14. The van der Waals surface area contributed by atoms with E-state index in [1.54, 1.807) is 0 Å². The minimum absolute atomic E-state index is 0.0689. The van der Waals surface area contributed by atoms with Gasteiger partial charge in [-0.2, -0.15) is 0 Å². The molecule has 21 heavy (non-hydrogen) atoms. The zero-order chi connectivity index (χ0) is 15.4. The third-order valence-electron chi connectivity index (χ3n) is 4.17. The van der Waals surface area contributed by atoms with E-state index in [1.807, 2.05) is 0 Å². The number of hydrogen-bond acceptors (Lipinski definition) is 4. The molecule has 0 aromatic carbocycles. The van der Waals surface area contributed by atoms with Gasteiger partial charge in [0.25, 0.3) is 0 Å². The molecule has 2 aliphatic rings. The number of primary amides is 1. The van der Waals surface area contributed by atoms with Crippen LogP contribution in [-0.4, -0.2) is 60.3 Å². The number of carboxylic acids is 1. The quantitative estimate of drug-likeness (QED) is 0.564. The van der Waals surface area contributed by atoms with E-state index in [9.17, 15) is 19.5 Å². The van der Waals surface area contributed by atoms with Crippen molar-refractivity contribution in [3.05, 3.63) is 0 Å². The standard InChI is InChI=1S/C13H21N3O5/c14-10(17)7-21-5-4-15-13(20)16-6-8-2-1-3-9(8)11(16)12(18)19/h8-9,11H,1-7H2,(H2,14,17)(H,15,20)(H,18,19). The minimum Gasteiger partial charge on any atom is -0.480 e. The van der Waals surface area contributed by atoms with Gasteiger partial charge < -0.3 is 25.8 Å². The number of urea groups is 1. The second-order valence-electron chi connectivity index (χ2n) is 5.54. The van der Waals surface area contributed by atoms with Crippen LogP contribution in [0, 0.1) is 11.8 Å². The average molecular weight is 299 g/mol. The summed E-state index contributed by atoms with van der Waals surface area (Å²) in [5, 5.41) is 12.0. The van der Waals surface area contributed by atoms with Crippen molar-refractivity contribution in [2.45, 2.75) is 25.3 Å². The SMILES string of the molecule is NC(=O)COCCNC(=O)N1CC2CCCC2C1C(=O)O. The fraction of sp³-hybridized carbons (Fsp3) is 0.769. The van der Waals surface area contributed by atoms with Gasteiger partial charge in [0.1, 0.15) is 12.6 Å². The third kappa shape index (κ3) is 3.63. The lowest BCUT2D eigenvalue weighted by atomic mass is 9.94. The molecule has 0 bridgehead atoms. The van der Waals surface area contributed by atoms with Gasteiger partial charge in [-0.1, -0.05) is 6.42 Å². The van der Waals surface area contributed by atoms with E-state index in [0.29, 0.717) is 12.5 Å². The van der Waals surface area contributed by atoms with Crippen LogP contribution in [0.5, 0.6) is 0 Å². The Morgan fingerprint density at radius 3 is 2.76 bits per heavy atom. The highest BCUT2D eigenvalue weighted by molar-refractivity contribution is 5.83. The lowest BCUT2D eigenvalue weighted by Crippen LogP contribution is -2.48.